The highest BCUT2D eigenvalue weighted by molar-refractivity contribution is 7.90. The van der Waals surface area contributed by atoms with Crippen molar-refractivity contribution in [1.82, 2.24) is 3.97 Å². The molecule has 0 N–H and O–H groups in total. The number of fused-ring (bicyclic) bond motifs is 1. The molecule has 0 bridgehead atoms. The first-order valence-electron chi connectivity index (χ1n) is 14.9. The summed E-state index contributed by atoms with van der Waals surface area (Å²) in [6.45, 7) is 16.0. The van der Waals surface area contributed by atoms with Crippen molar-refractivity contribution in [3.8, 4) is 22.6 Å². The molecule has 8 heteroatoms. The van der Waals surface area contributed by atoms with Gasteiger partial charge in [0.15, 0.2) is 0 Å². The largest absolute Gasteiger partial charge is 0.542 e. The molecule has 2 aromatic heterocycles. The molecule has 0 saturated carbocycles. The SMILES string of the molecule is Cc1ccc(S(=O)(=O)n2ccc3c(-c4cscc4O[Si](C(C)C)(C(C)C)C(C)C)ccc(OCc4ccccc4)c32)cc1. The average Bonchev–Trinajstić information content (AvgIpc) is 3.63. The van der Waals surface area contributed by atoms with Crippen LogP contribution in [0.3, 0.4) is 0 Å². The van der Waals surface area contributed by atoms with E-state index in [1.54, 1.807) is 29.7 Å². The highest BCUT2D eigenvalue weighted by Crippen LogP contribution is 2.47. The second-order valence-corrected chi connectivity index (χ2v) is 20.1. The number of thiophene rings is 1. The highest BCUT2D eigenvalue weighted by Gasteiger charge is 2.47. The second kappa shape index (κ2) is 12.3. The molecule has 2 heterocycles. The maximum Gasteiger partial charge on any atom is 0.268 e. The van der Waals surface area contributed by atoms with E-state index >= 15 is 0 Å². The van der Waals surface area contributed by atoms with Gasteiger partial charge in [-0.25, -0.2) is 12.4 Å². The standard InChI is InChI=1S/C35H41NO4S2Si/c1-24(2)43(25(3)4,26(5)6)40-34-23-41-22-32(34)30-17-18-33(39-21-28-11-9-8-10-12-28)35-31(30)19-20-36(35)42(37,38)29-15-13-27(7)14-16-29/h8-20,22-26H,21H2,1-7H3. The second-order valence-electron chi connectivity index (χ2n) is 12.1. The van der Waals surface area contributed by atoms with Crippen LogP contribution >= 0.6 is 11.3 Å². The van der Waals surface area contributed by atoms with Gasteiger partial charge in [-0.2, -0.15) is 0 Å². The molecule has 226 valence electrons. The molecule has 3 aromatic carbocycles. The topological polar surface area (TPSA) is 57.5 Å². The van der Waals surface area contributed by atoms with Gasteiger partial charge in [0.1, 0.15) is 23.6 Å². The Morgan fingerprint density at radius 2 is 1.42 bits per heavy atom. The van der Waals surface area contributed by atoms with E-state index in [0.29, 0.717) is 34.5 Å². The summed E-state index contributed by atoms with van der Waals surface area (Å²) in [6, 6.07) is 22.6. The van der Waals surface area contributed by atoms with Crippen LogP contribution in [-0.2, 0) is 16.6 Å². The summed E-state index contributed by atoms with van der Waals surface area (Å²) in [6.07, 6.45) is 1.64. The van der Waals surface area contributed by atoms with Gasteiger partial charge in [0.25, 0.3) is 18.3 Å². The van der Waals surface area contributed by atoms with Crippen molar-refractivity contribution in [2.24, 2.45) is 0 Å². The van der Waals surface area contributed by atoms with Gasteiger partial charge in [0, 0.05) is 27.9 Å². The van der Waals surface area contributed by atoms with E-state index in [1.165, 1.54) is 3.97 Å². The lowest BCUT2D eigenvalue weighted by atomic mass is 10.0. The summed E-state index contributed by atoms with van der Waals surface area (Å²) in [5, 5.41) is 5.01. The molecule has 0 unspecified atom stereocenters. The van der Waals surface area contributed by atoms with E-state index in [-0.39, 0.29) is 4.90 Å². The number of benzene rings is 3. The molecule has 5 aromatic rings. The van der Waals surface area contributed by atoms with Crippen LogP contribution in [0.4, 0.5) is 0 Å². The predicted octanol–water partition coefficient (Wildman–Crippen LogP) is 10.0. The quantitative estimate of drug-likeness (QED) is 0.136. The average molecular weight is 632 g/mol. The van der Waals surface area contributed by atoms with Crippen molar-refractivity contribution >= 4 is 40.6 Å². The Labute approximate surface area is 261 Å². The molecule has 0 aliphatic carbocycles. The van der Waals surface area contributed by atoms with Crippen molar-refractivity contribution in [3.63, 3.8) is 0 Å². The zero-order valence-electron chi connectivity index (χ0n) is 26.0. The molecular weight excluding hydrogens is 591 g/mol. The number of ether oxygens (including phenoxy) is 1. The first-order valence-corrected chi connectivity index (χ1v) is 19.4. The maximum atomic E-state index is 14.0. The van der Waals surface area contributed by atoms with Gasteiger partial charge in [-0.1, -0.05) is 89.6 Å². The monoisotopic (exact) mass is 631 g/mol. The fraction of sp³-hybridized carbons (Fsp3) is 0.314. The summed E-state index contributed by atoms with van der Waals surface area (Å²) in [7, 11) is -6.11. The zero-order chi connectivity index (χ0) is 30.9. The fourth-order valence-electron chi connectivity index (χ4n) is 6.42. The van der Waals surface area contributed by atoms with Crippen molar-refractivity contribution in [3.05, 3.63) is 101 Å². The van der Waals surface area contributed by atoms with Crippen LogP contribution in [0.15, 0.2) is 94.6 Å². The Balaban J connectivity index is 1.67. The summed E-state index contributed by atoms with van der Waals surface area (Å²) in [5.74, 6) is 1.39. The van der Waals surface area contributed by atoms with E-state index in [9.17, 15) is 8.42 Å². The van der Waals surface area contributed by atoms with E-state index < -0.39 is 18.3 Å². The number of aromatic nitrogens is 1. The van der Waals surface area contributed by atoms with Gasteiger partial charge < -0.3 is 9.16 Å². The smallest absolute Gasteiger partial charge is 0.268 e. The van der Waals surface area contributed by atoms with Crippen LogP contribution in [0.5, 0.6) is 11.5 Å². The lowest BCUT2D eigenvalue weighted by Gasteiger charge is -2.42. The van der Waals surface area contributed by atoms with Crippen LogP contribution in [0.2, 0.25) is 16.6 Å². The van der Waals surface area contributed by atoms with Crippen LogP contribution in [-0.4, -0.2) is 20.7 Å². The van der Waals surface area contributed by atoms with Gasteiger partial charge in [-0.3, -0.25) is 0 Å². The third kappa shape index (κ3) is 5.80. The molecular formula is C35H41NO4S2Si. The Bertz CT molecular complexity index is 1780. The molecule has 0 spiro atoms. The van der Waals surface area contributed by atoms with Crippen LogP contribution in [0, 0.1) is 6.92 Å². The van der Waals surface area contributed by atoms with Crippen molar-refractivity contribution in [2.75, 3.05) is 0 Å². The van der Waals surface area contributed by atoms with Crippen molar-refractivity contribution in [1.29, 1.82) is 0 Å². The molecule has 0 aliphatic heterocycles. The highest BCUT2D eigenvalue weighted by atomic mass is 32.2. The first kappa shape index (κ1) is 31.1. The van der Waals surface area contributed by atoms with Gasteiger partial charge in [0.2, 0.25) is 0 Å². The van der Waals surface area contributed by atoms with E-state index in [1.807, 2.05) is 67.6 Å². The van der Waals surface area contributed by atoms with Gasteiger partial charge in [-0.05, 0) is 65.0 Å². The minimum atomic E-state index is -3.89. The van der Waals surface area contributed by atoms with Gasteiger partial charge in [0.05, 0.1) is 4.90 Å². The van der Waals surface area contributed by atoms with Crippen LogP contribution < -0.4 is 9.16 Å². The summed E-state index contributed by atoms with van der Waals surface area (Å²) in [5.41, 5.74) is 5.71. The molecule has 5 nitrogen and oxygen atoms in total. The number of aryl methyl sites for hydroxylation is 1. The molecule has 0 fully saturated rings. The maximum absolute atomic E-state index is 14.0. The molecule has 5 rings (SSSR count). The normalized spacial score (nSPS) is 12.5. The Morgan fingerprint density at radius 1 is 0.767 bits per heavy atom. The number of nitrogens with zero attached hydrogens (tertiary/aromatic N) is 1. The first-order chi connectivity index (χ1) is 20.5. The Kier molecular flexibility index (Phi) is 8.93. The number of hydrogen-bond acceptors (Lipinski definition) is 5. The zero-order valence-corrected chi connectivity index (χ0v) is 28.6. The molecule has 0 aliphatic rings. The third-order valence-electron chi connectivity index (χ3n) is 8.50. The predicted molar refractivity (Wildman–Crippen MR) is 181 cm³/mol. The van der Waals surface area contributed by atoms with Crippen LogP contribution in [0.25, 0.3) is 22.0 Å². The Hall–Kier alpha value is -3.33. The minimum Gasteiger partial charge on any atom is -0.542 e. The summed E-state index contributed by atoms with van der Waals surface area (Å²) >= 11 is 1.61. The number of rotatable bonds is 11. The molecule has 0 amide bonds. The molecule has 0 radical (unpaired) electrons. The van der Waals surface area contributed by atoms with Crippen LogP contribution in [0.1, 0.15) is 52.7 Å². The lowest BCUT2D eigenvalue weighted by Crippen LogP contribution is -2.50. The van der Waals surface area contributed by atoms with E-state index in [2.05, 4.69) is 52.3 Å². The van der Waals surface area contributed by atoms with E-state index in [0.717, 1.165) is 33.4 Å². The van der Waals surface area contributed by atoms with Gasteiger partial charge in [-0.15, -0.1) is 11.3 Å². The molecule has 43 heavy (non-hydrogen) atoms. The number of hydrogen-bond donors (Lipinski definition) is 0. The third-order valence-corrected chi connectivity index (χ3v) is 16.9. The van der Waals surface area contributed by atoms with E-state index in [4.69, 9.17) is 9.16 Å². The Morgan fingerprint density at radius 3 is 2.05 bits per heavy atom. The molecule has 0 atom stereocenters. The summed E-state index contributed by atoms with van der Waals surface area (Å²) in [4.78, 5) is 0.233. The molecule has 0 saturated heterocycles. The summed E-state index contributed by atoms with van der Waals surface area (Å²) < 4.78 is 42.9. The van der Waals surface area contributed by atoms with Crippen molar-refractivity contribution < 1.29 is 17.6 Å². The van der Waals surface area contributed by atoms with Crippen molar-refractivity contribution in [2.45, 2.75) is 76.6 Å². The lowest BCUT2D eigenvalue weighted by molar-refractivity contribution is 0.309. The minimum absolute atomic E-state index is 0.233. The fourth-order valence-corrected chi connectivity index (χ4v) is 13.9. The van der Waals surface area contributed by atoms with Gasteiger partial charge >= 0.3 is 0 Å².